The lowest BCUT2D eigenvalue weighted by Crippen LogP contribution is -2.71. The Morgan fingerprint density at radius 3 is 2.30 bits per heavy atom. The van der Waals surface area contributed by atoms with Crippen molar-refractivity contribution in [2.45, 2.75) is 131 Å². The topological polar surface area (TPSA) is 72.8 Å². The quantitative estimate of drug-likeness (QED) is 0.415. The zero-order valence-electron chi connectivity index (χ0n) is 24.5. The number of aliphatic hydroxyl groups is 1. The molecule has 1 aliphatic heterocycles. The maximum Gasteiger partial charge on any atom is 0.315 e. The van der Waals surface area contributed by atoms with Crippen LogP contribution in [0.15, 0.2) is 0 Å². The van der Waals surface area contributed by atoms with Crippen LogP contribution in [0.4, 0.5) is 0 Å². The van der Waals surface area contributed by atoms with Gasteiger partial charge in [-0.15, -0.1) is 0 Å². The van der Waals surface area contributed by atoms with E-state index in [1.807, 2.05) is 0 Å². The third-order valence-corrected chi connectivity index (χ3v) is 14.6. The van der Waals surface area contributed by atoms with E-state index in [9.17, 15) is 14.7 Å². The summed E-state index contributed by atoms with van der Waals surface area (Å²) in [6.45, 7) is 18.2. The standard InChI is InChI=1S/C32H50O5/c1-18-11-16-32-23(34)17-30(7)20(25(32)31(18,8)37-26(32)35)9-10-22-28(5)14-13-24(36-19(2)33)27(3,4)21(28)12-15-29(22,30)6/h18,20-25,34H,9-17H2,1-8H3. The third kappa shape index (κ3) is 2.86. The first-order valence-electron chi connectivity index (χ1n) is 15.2. The Kier molecular flexibility index (Phi) is 5.33. The maximum atomic E-state index is 13.5. The van der Waals surface area contributed by atoms with Crippen molar-refractivity contribution in [2.75, 3.05) is 0 Å². The van der Waals surface area contributed by atoms with Crippen molar-refractivity contribution < 1.29 is 24.2 Å². The minimum atomic E-state index is -0.709. The van der Waals surface area contributed by atoms with E-state index >= 15 is 0 Å². The Labute approximate surface area is 223 Å². The van der Waals surface area contributed by atoms with Crippen LogP contribution in [0, 0.1) is 56.7 Å². The molecular weight excluding hydrogens is 464 g/mol. The van der Waals surface area contributed by atoms with E-state index in [-0.39, 0.29) is 45.6 Å². The van der Waals surface area contributed by atoms with Crippen LogP contribution >= 0.6 is 0 Å². The molecule has 6 aliphatic rings. The predicted molar refractivity (Wildman–Crippen MR) is 141 cm³/mol. The molecule has 0 amide bonds. The van der Waals surface area contributed by atoms with E-state index in [4.69, 9.17) is 9.47 Å². The van der Waals surface area contributed by atoms with Gasteiger partial charge in [-0.25, -0.2) is 0 Å². The zero-order valence-corrected chi connectivity index (χ0v) is 24.5. The molecule has 5 heteroatoms. The molecule has 37 heavy (non-hydrogen) atoms. The van der Waals surface area contributed by atoms with Crippen LogP contribution in [0.1, 0.15) is 113 Å². The molecule has 1 N–H and O–H groups in total. The van der Waals surface area contributed by atoms with Crippen molar-refractivity contribution >= 4 is 11.9 Å². The number of carbonyl (C=O) groups excluding carboxylic acids is 2. The lowest BCUT2D eigenvalue weighted by atomic mass is 9.31. The SMILES string of the molecule is CC(=O)OC1CCC2(C)C(CCC3(C)C2CCC2C4C5(C)OC(=O)C4(CCC5C)C(O)CC23C)C1(C)C. The van der Waals surface area contributed by atoms with Crippen molar-refractivity contribution in [3.8, 4) is 0 Å². The fraction of sp³-hybridized carbons (Fsp3) is 0.938. The highest BCUT2D eigenvalue weighted by Gasteiger charge is 2.79. The van der Waals surface area contributed by atoms with Crippen LogP contribution in [0.2, 0.25) is 0 Å². The molecule has 0 aromatic heterocycles. The molecule has 12 unspecified atom stereocenters. The highest BCUT2D eigenvalue weighted by molar-refractivity contribution is 5.82. The van der Waals surface area contributed by atoms with Crippen molar-refractivity contribution in [2.24, 2.45) is 56.7 Å². The van der Waals surface area contributed by atoms with Gasteiger partial charge >= 0.3 is 11.9 Å². The van der Waals surface area contributed by atoms with Crippen molar-refractivity contribution in [3.05, 3.63) is 0 Å². The smallest absolute Gasteiger partial charge is 0.315 e. The van der Waals surface area contributed by atoms with Crippen LogP contribution in [0.5, 0.6) is 0 Å². The van der Waals surface area contributed by atoms with Crippen molar-refractivity contribution in [3.63, 3.8) is 0 Å². The summed E-state index contributed by atoms with van der Waals surface area (Å²) in [5.41, 5.74) is -1.01. The Hall–Kier alpha value is -1.10. The Bertz CT molecular complexity index is 1020. The van der Waals surface area contributed by atoms with E-state index in [1.54, 1.807) is 6.92 Å². The Balaban J connectivity index is 1.40. The normalized spacial score (nSPS) is 57.8. The number of hydrogen-bond donors (Lipinski definition) is 1. The van der Waals surface area contributed by atoms with Crippen LogP contribution in [0.25, 0.3) is 0 Å². The Morgan fingerprint density at radius 2 is 1.62 bits per heavy atom. The van der Waals surface area contributed by atoms with Gasteiger partial charge in [0, 0.05) is 18.3 Å². The van der Waals surface area contributed by atoms with E-state index in [2.05, 4.69) is 48.5 Å². The second-order valence-electron chi connectivity index (χ2n) is 15.9. The molecule has 5 nitrogen and oxygen atoms in total. The van der Waals surface area contributed by atoms with Crippen molar-refractivity contribution in [1.82, 2.24) is 0 Å². The van der Waals surface area contributed by atoms with Crippen LogP contribution < -0.4 is 0 Å². The van der Waals surface area contributed by atoms with Gasteiger partial charge in [-0.2, -0.15) is 0 Å². The summed E-state index contributed by atoms with van der Waals surface area (Å²) in [5.74, 6) is 1.59. The molecule has 0 aromatic rings. The summed E-state index contributed by atoms with van der Waals surface area (Å²) in [7, 11) is 0. The number of hydrogen-bond acceptors (Lipinski definition) is 5. The Morgan fingerprint density at radius 1 is 0.919 bits per heavy atom. The summed E-state index contributed by atoms with van der Waals surface area (Å²) in [6, 6.07) is 0. The molecule has 208 valence electrons. The summed E-state index contributed by atoms with van der Waals surface area (Å²) in [6.07, 6.45) is 8.37. The summed E-state index contributed by atoms with van der Waals surface area (Å²) >= 11 is 0. The number of esters is 2. The molecule has 6 fully saturated rings. The molecule has 5 saturated carbocycles. The minimum Gasteiger partial charge on any atom is -0.462 e. The van der Waals surface area contributed by atoms with E-state index in [0.29, 0.717) is 30.1 Å². The molecular formula is C32H50O5. The number of aliphatic hydroxyl groups excluding tert-OH is 1. The fourth-order valence-electron chi connectivity index (χ4n) is 12.5. The van der Waals surface area contributed by atoms with Crippen molar-refractivity contribution in [1.29, 1.82) is 0 Å². The number of ether oxygens (including phenoxy) is 2. The minimum absolute atomic E-state index is 0.0156. The molecule has 6 rings (SSSR count). The lowest BCUT2D eigenvalue weighted by molar-refractivity contribution is -0.272. The maximum absolute atomic E-state index is 13.5. The average Bonchev–Trinajstić information content (AvgIpc) is 2.97. The molecule has 1 heterocycles. The fourth-order valence-corrected chi connectivity index (χ4v) is 12.5. The monoisotopic (exact) mass is 514 g/mol. The van der Waals surface area contributed by atoms with E-state index < -0.39 is 17.1 Å². The van der Waals surface area contributed by atoms with Gasteiger partial charge in [-0.1, -0.05) is 41.5 Å². The second kappa shape index (κ2) is 7.55. The van der Waals surface area contributed by atoms with Gasteiger partial charge in [-0.3, -0.25) is 9.59 Å². The van der Waals surface area contributed by atoms with Gasteiger partial charge in [0.05, 0.1) is 6.10 Å². The second-order valence-corrected chi connectivity index (χ2v) is 15.9. The summed E-state index contributed by atoms with van der Waals surface area (Å²) in [5, 5.41) is 11.9. The average molecular weight is 515 g/mol. The largest absolute Gasteiger partial charge is 0.462 e. The molecule has 12 atom stereocenters. The molecule has 1 saturated heterocycles. The van der Waals surface area contributed by atoms with Gasteiger partial charge in [-0.05, 0) is 105 Å². The first kappa shape index (κ1) is 26.1. The molecule has 5 aliphatic carbocycles. The molecule has 2 bridgehead atoms. The molecule has 0 aromatic carbocycles. The number of fused-ring (bicyclic) bond motifs is 5. The third-order valence-electron chi connectivity index (χ3n) is 14.6. The zero-order chi connectivity index (χ0) is 27.0. The molecule has 0 radical (unpaired) electrons. The van der Waals surface area contributed by atoms with Gasteiger partial charge in [0.15, 0.2) is 0 Å². The predicted octanol–water partition coefficient (Wildman–Crippen LogP) is 6.31. The van der Waals surface area contributed by atoms with Gasteiger partial charge in [0.25, 0.3) is 0 Å². The lowest BCUT2D eigenvalue weighted by Gasteiger charge is -2.73. The van der Waals surface area contributed by atoms with E-state index in [0.717, 1.165) is 44.9 Å². The first-order valence-corrected chi connectivity index (χ1v) is 15.2. The highest BCUT2D eigenvalue weighted by Crippen LogP contribution is 2.78. The molecule has 0 spiro atoms. The number of carbonyl (C=O) groups is 2. The van der Waals surface area contributed by atoms with Gasteiger partial charge < -0.3 is 14.6 Å². The van der Waals surface area contributed by atoms with Gasteiger partial charge in [0.2, 0.25) is 0 Å². The highest BCUT2D eigenvalue weighted by atomic mass is 16.6. The van der Waals surface area contributed by atoms with Crippen LogP contribution in [-0.4, -0.2) is 34.9 Å². The van der Waals surface area contributed by atoms with Gasteiger partial charge in [0.1, 0.15) is 17.1 Å². The number of rotatable bonds is 1. The summed E-state index contributed by atoms with van der Waals surface area (Å²) in [4.78, 5) is 25.4. The van der Waals surface area contributed by atoms with Crippen LogP contribution in [0.3, 0.4) is 0 Å². The summed E-state index contributed by atoms with van der Waals surface area (Å²) < 4.78 is 12.2. The first-order chi connectivity index (χ1) is 17.1. The van der Waals surface area contributed by atoms with Crippen LogP contribution in [-0.2, 0) is 19.1 Å². The van der Waals surface area contributed by atoms with E-state index in [1.165, 1.54) is 6.42 Å².